The number of morpholine rings is 1. The van der Waals surface area contributed by atoms with Gasteiger partial charge in [-0.15, -0.1) is 0 Å². The summed E-state index contributed by atoms with van der Waals surface area (Å²) in [6, 6.07) is 8.71. The summed E-state index contributed by atoms with van der Waals surface area (Å²) < 4.78 is 5.40. The number of aryl methyl sites for hydroxylation is 1. The largest absolute Gasteiger partial charge is 0.378 e. The lowest BCUT2D eigenvalue weighted by Gasteiger charge is -2.30. The topological polar surface area (TPSA) is 38.5 Å². The predicted molar refractivity (Wildman–Crippen MR) is 71.5 cm³/mol. The summed E-state index contributed by atoms with van der Waals surface area (Å²) in [5.74, 6) is 0. The van der Waals surface area contributed by atoms with Crippen molar-refractivity contribution in [2.75, 3.05) is 37.7 Å². The summed E-state index contributed by atoms with van der Waals surface area (Å²) in [5, 5.41) is 0. The van der Waals surface area contributed by atoms with E-state index in [-0.39, 0.29) is 0 Å². The number of ether oxygens (including phenoxy) is 1. The number of para-hydroxylation sites is 1. The minimum Gasteiger partial charge on any atom is -0.378 e. The Hall–Kier alpha value is -1.06. The van der Waals surface area contributed by atoms with Crippen molar-refractivity contribution in [1.82, 2.24) is 0 Å². The van der Waals surface area contributed by atoms with Crippen LogP contribution in [0.4, 0.5) is 5.69 Å². The van der Waals surface area contributed by atoms with E-state index in [4.69, 9.17) is 10.5 Å². The second kappa shape index (κ2) is 6.62. The maximum Gasteiger partial charge on any atom is 0.0642 e. The fourth-order valence-electron chi connectivity index (χ4n) is 2.29. The SMILES string of the molecule is NCCCCc1ccccc1N1CCOCC1. The maximum atomic E-state index is 5.55. The first-order chi connectivity index (χ1) is 8.42. The van der Waals surface area contributed by atoms with Crippen molar-refractivity contribution < 1.29 is 4.74 Å². The molecule has 3 nitrogen and oxygen atoms in total. The highest BCUT2D eigenvalue weighted by Crippen LogP contribution is 2.22. The highest BCUT2D eigenvalue weighted by molar-refractivity contribution is 5.54. The monoisotopic (exact) mass is 234 g/mol. The molecule has 1 fully saturated rings. The van der Waals surface area contributed by atoms with Gasteiger partial charge in [0.2, 0.25) is 0 Å². The standard InChI is InChI=1S/C14H22N2O/c15-8-4-3-6-13-5-1-2-7-14(13)16-9-11-17-12-10-16/h1-2,5,7H,3-4,6,8-12,15H2. The molecule has 1 aromatic rings. The third kappa shape index (κ3) is 3.45. The van der Waals surface area contributed by atoms with Crippen molar-refractivity contribution in [3.05, 3.63) is 29.8 Å². The number of hydrogen-bond acceptors (Lipinski definition) is 3. The number of anilines is 1. The van der Waals surface area contributed by atoms with Crippen molar-refractivity contribution >= 4 is 5.69 Å². The molecule has 0 radical (unpaired) electrons. The van der Waals surface area contributed by atoms with Crippen LogP contribution in [0.3, 0.4) is 0 Å². The molecule has 0 bridgehead atoms. The van der Waals surface area contributed by atoms with Gasteiger partial charge in [-0.3, -0.25) is 0 Å². The number of benzene rings is 1. The van der Waals surface area contributed by atoms with Crippen LogP contribution in [-0.4, -0.2) is 32.8 Å². The van der Waals surface area contributed by atoms with Gasteiger partial charge in [0.05, 0.1) is 13.2 Å². The van der Waals surface area contributed by atoms with Gasteiger partial charge < -0.3 is 15.4 Å². The average molecular weight is 234 g/mol. The first-order valence-corrected chi connectivity index (χ1v) is 6.52. The molecule has 1 aliphatic rings. The molecule has 0 aliphatic carbocycles. The molecule has 0 unspecified atom stereocenters. The van der Waals surface area contributed by atoms with Crippen molar-refractivity contribution in [2.45, 2.75) is 19.3 Å². The fraction of sp³-hybridized carbons (Fsp3) is 0.571. The van der Waals surface area contributed by atoms with Gasteiger partial charge in [0.15, 0.2) is 0 Å². The minimum atomic E-state index is 0.791. The summed E-state index contributed by atoms with van der Waals surface area (Å²) in [7, 11) is 0. The van der Waals surface area contributed by atoms with E-state index in [9.17, 15) is 0 Å². The molecule has 0 atom stereocenters. The molecular weight excluding hydrogens is 212 g/mol. The van der Waals surface area contributed by atoms with E-state index < -0.39 is 0 Å². The van der Waals surface area contributed by atoms with Crippen LogP contribution in [0.25, 0.3) is 0 Å². The number of nitrogens with zero attached hydrogens (tertiary/aromatic N) is 1. The fourth-order valence-corrected chi connectivity index (χ4v) is 2.29. The highest BCUT2D eigenvalue weighted by Gasteiger charge is 2.13. The van der Waals surface area contributed by atoms with E-state index in [0.29, 0.717) is 0 Å². The Morgan fingerprint density at radius 3 is 2.65 bits per heavy atom. The van der Waals surface area contributed by atoms with Crippen molar-refractivity contribution in [3.8, 4) is 0 Å². The van der Waals surface area contributed by atoms with Crippen molar-refractivity contribution in [2.24, 2.45) is 5.73 Å². The molecule has 1 saturated heterocycles. The second-order valence-electron chi connectivity index (χ2n) is 4.47. The van der Waals surface area contributed by atoms with Crippen LogP contribution in [0.5, 0.6) is 0 Å². The highest BCUT2D eigenvalue weighted by atomic mass is 16.5. The molecular formula is C14H22N2O. The summed E-state index contributed by atoms with van der Waals surface area (Å²) in [5.41, 5.74) is 8.38. The van der Waals surface area contributed by atoms with Crippen LogP contribution < -0.4 is 10.6 Å². The van der Waals surface area contributed by atoms with Gasteiger partial charge in [-0.1, -0.05) is 18.2 Å². The van der Waals surface area contributed by atoms with Crippen molar-refractivity contribution in [3.63, 3.8) is 0 Å². The zero-order chi connectivity index (χ0) is 11.9. The minimum absolute atomic E-state index is 0.791. The molecule has 0 aromatic heterocycles. The molecule has 1 heterocycles. The number of nitrogens with two attached hydrogens (primary N) is 1. The zero-order valence-electron chi connectivity index (χ0n) is 10.4. The van der Waals surface area contributed by atoms with Crippen LogP contribution >= 0.6 is 0 Å². The maximum absolute atomic E-state index is 5.55. The Labute approximate surface area is 104 Å². The van der Waals surface area contributed by atoms with E-state index in [1.54, 1.807) is 0 Å². The van der Waals surface area contributed by atoms with Gasteiger partial charge in [0.1, 0.15) is 0 Å². The Bertz CT molecular complexity index is 335. The summed E-state index contributed by atoms with van der Waals surface area (Å²) in [4.78, 5) is 2.43. The molecule has 1 aliphatic heterocycles. The van der Waals surface area contributed by atoms with Crippen LogP contribution in [0.15, 0.2) is 24.3 Å². The van der Waals surface area contributed by atoms with E-state index in [1.807, 2.05) is 0 Å². The summed E-state index contributed by atoms with van der Waals surface area (Å²) in [6.45, 7) is 4.50. The Balaban J connectivity index is 2.03. The number of unbranched alkanes of at least 4 members (excludes halogenated alkanes) is 1. The summed E-state index contributed by atoms with van der Waals surface area (Å²) >= 11 is 0. The first-order valence-electron chi connectivity index (χ1n) is 6.52. The van der Waals surface area contributed by atoms with Crippen LogP contribution in [-0.2, 0) is 11.2 Å². The molecule has 1 aromatic carbocycles. The molecule has 94 valence electrons. The van der Waals surface area contributed by atoms with Gasteiger partial charge in [0.25, 0.3) is 0 Å². The normalized spacial score (nSPS) is 16.2. The van der Waals surface area contributed by atoms with E-state index >= 15 is 0 Å². The first kappa shape index (κ1) is 12.4. The van der Waals surface area contributed by atoms with Crippen LogP contribution in [0.2, 0.25) is 0 Å². The predicted octanol–water partition coefficient (Wildman–Crippen LogP) is 1.80. The molecule has 0 spiro atoms. The van der Waals surface area contributed by atoms with E-state index in [2.05, 4.69) is 29.2 Å². The molecule has 3 heteroatoms. The van der Waals surface area contributed by atoms with Crippen molar-refractivity contribution in [1.29, 1.82) is 0 Å². The molecule has 0 amide bonds. The van der Waals surface area contributed by atoms with E-state index in [1.165, 1.54) is 17.7 Å². The van der Waals surface area contributed by atoms with Crippen LogP contribution in [0, 0.1) is 0 Å². The molecule has 2 N–H and O–H groups in total. The molecule has 2 rings (SSSR count). The lowest BCUT2D eigenvalue weighted by Crippen LogP contribution is -2.36. The average Bonchev–Trinajstić information content (AvgIpc) is 2.41. The third-order valence-electron chi connectivity index (χ3n) is 3.24. The quantitative estimate of drug-likeness (QED) is 0.790. The Kier molecular flexibility index (Phi) is 4.83. The lowest BCUT2D eigenvalue weighted by atomic mass is 10.0. The van der Waals surface area contributed by atoms with Gasteiger partial charge in [0, 0.05) is 18.8 Å². The lowest BCUT2D eigenvalue weighted by molar-refractivity contribution is 0.122. The second-order valence-corrected chi connectivity index (χ2v) is 4.47. The molecule has 17 heavy (non-hydrogen) atoms. The van der Waals surface area contributed by atoms with Gasteiger partial charge >= 0.3 is 0 Å². The number of rotatable bonds is 5. The smallest absolute Gasteiger partial charge is 0.0642 e. The van der Waals surface area contributed by atoms with Gasteiger partial charge in [-0.05, 0) is 37.4 Å². The zero-order valence-corrected chi connectivity index (χ0v) is 10.4. The van der Waals surface area contributed by atoms with E-state index in [0.717, 1.165) is 45.7 Å². The summed E-state index contributed by atoms with van der Waals surface area (Å²) in [6.07, 6.45) is 3.42. The van der Waals surface area contributed by atoms with Gasteiger partial charge in [-0.25, -0.2) is 0 Å². The Morgan fingerprint density at radius 1 is 1.12 bits per heavy atom. The Morgan fingerprint density at radius 2 is 1.88 bits per heavy atom. The van der Waals surface area contributed by atoms with Crippen LogP contribution in [0.1, 0.15) is 18.4 Å². The molecule has 0 saturated carbocycles. The third-order valence-corrected chi connectivity index (χ3v) is 3.24. The number of hydrogen-bond donors (Lipinski definition) is 1. The van der Waals surface area contributed by atoms with Gasteiger partial charge in [-0.2, -0.15) is 0 Å².